The van der Waals surface area contributed by atoms with Gasteiger partial charge < -0.3 is 15.1 Å². The van der Waals surface area contributed by atoms with E-state index in [4.69, 9.17) is 0 Å². The number of piperidine rings is 1. The molecule has 33 heavy (non-hydrogen) atoms. The van der Waals surface area contributed by atoms with E-state index in [0.717, 1.165) is 18.7 Å². The van der Waals surface area contributed by atoms with Crippen LogP contribution in [0.2, 0.25) is 0 Å². The molecule has 2 saturated heterocycles. The van der Waals surface area contributed by atoms with E-state index >= 15 is 0 Å². The molecular formula is C26H40N4O3. The summed E-state index contributed by atoms with van der Waals surface area (Å²) in [6, 6.07) is 6.79. The van der Waals surface area contributed by atoms with Gasteiger partial charge in [-0.2, -0.15) is 0 Å². The van der Waals surface area contributed by atoms with Crippen LogP contribution in [0.5, 0.6) is 0 Å². The maximum absolute atomic E-state index is 13.2. The summed E-state index contributed by atoms with van der Waals surface area (Å²) in [4.78, 5) is 44.7. The Morgan fingerprint density at radius 3 is 2.06 bits per heavy atom. The predicted octanol–water partition coefficient (Wildman–Crippen LogP) is 2.40. The summed E-state index contributed by atoms with van der Waals surface area (Å²) in [5.41, 5.74) is 1.65. The van der Waals surface area contributed by atoms with Crippen molar-refractivity contribution in [1.82, 2.24) is 20.0 Å². The zero-order chi connectivity index (χ0) is 24.1. The SMILES string of the molecule is Cc1ccc(C(=O)NC(C(=O)N2CCN(CC(=O)N3CC(C)CC(C)C3)CC2)C(C)C)cc1. The van der Waals surface area contributed by atoms with Crippen LogP contribution in [-0.4, -0.2) is 84.3 Å². The molecule has 1 aromatic carbocycles. The summed E-state index contributed by atoms with van der Waals surface area (Å²) < 4.78 is 0. The van der Waals surface area contributed by atoms with Crippen molar-refractivity contribution in [1.29, 1.82) is 0 Å². The highest BCUT2D eigenvalue weighted by Gasteiger charge is 2.32. The number of benzene rings is 1. The van der Waals surface area contributed by atoms with Crippen molar-refractivity contribution >= 4 is 17.7 Å². The molecule has 1 N–H and O–H groups in total. The largest absolute Gasteiger partial charge is 0.341 e. The monoisotopic (exact) mass is 456 g/mol. The van der Waals surface area contributed by atoms with Gasteiger partial charge in [-0.05, 0) is 43.2 Å². The molecule has 0 bridgehead atoms. The highest BCUT2D eigenvalue weighted by molar-refractivity contribution is 5.97. The molecule has 0 spiro atoms. The summed E-state index contributed by atoms with van der Waals surface area (Å²) in [5, 5.41) is 2.94. The van der Waals surface area contributed by atoms with Gasteiger partial charge in [0.15, 0.2) is 0 Å². The first kappa shape index (κ1) is 25.2. The molecule has 2 fully saturated rings. The van der Waals surface area contributed by atoms with E-state index in [1.807, 2.05) is 42.7 Å². The first-order valence-corrected chi connectivity index (χ1v) is 12.3. The highest BCUT2D eigenvalue weighted by atomic mass is 16.2. The fourth-order valence-corrected chi connectivity index (χ4v) is 4.92. The van der Waals surface area contributed by atoms with Gasteiger partial charge in [-0.15, -0.1) is 0 Å². The number of rotatable bonds is 6. The number of likely N-dealkylation sites (tertiary alicyclic amines) is 1. The molecule has 0 aromatic heterocycles. The molecule has 3 rings (SSSR count). The minimum atomic E-state index is -0.566. The van der Waals surface area contributed by atoms with Gasteiger partial charge in [-0.1, -0.05) is 45.4 Å². The predicted molar refractivity (Wildman–Crippen MR) is 130 cm³/mol. The summed E-state index contributed by atoms with van der Waals surface area (Å²) in [7, 11) is 0. The average Bonchev–Trinajstić information content (AvgIpc) is 2.77. The number of nitrogens with one attached hydrogen (secondary N) is 1. The first-order valence-electron chi connectivity index (χ1n) is 12.3. The van der Waals surface area contributed by atoms with E-state index in [1.54, 1.807) is 12.1 Å². The lowest BCUT2D eigenvalue weighted by Gasteiger charge is -2.39. The van der Waals surface area contributed by atoms with Crippen molar-refractivity contribution in [2.75, 3.05) is 45.8 Å². The van der Waals surface area contributed by atoms with Crippen molar-refractivity contribution in [3.63, 3.8) is 0 Å². The maximum Gasteiger partial charge on any atom is 0.251 e. The third-order valence-electron chi connectivity index (χ3n) is 6.80. The molecule has 0 aliphatic carbocycles. The normalized spacial score (nSPS) is 22.8. The lowest BCUT2D eigenvalue weighted by atomic mass is 9.92. The number of nitrogens with zero attached hydrogens (tertiary/aromatic N) is 3. The molecule has 7 nitrogen and oxygen atoms in total. The Morgan fingerprint density at radius 1 is 0.939 bits per heavy atom. The van der Waals surface area contributed by atoms with Gasteiger partial charge in [0.25, 0.3) is 5.91 Å². The van der Waals surface area contributed by atoms with Crippen molar-refractivity contribution < 1.29 is 14.4 Å². The van der Waals surface area contributed by atoms with Crippen LogP contribution in [0.25, 0.3) is 0 Å². The third kappa shape index (κ3) is 6.79. The summed E-state index contributed by atoms with van der Waals surface area (Å²) >= 11 is 0. The number of amides is 3. The fourth-order valence-electron chi connectivity index (χ4n) is 4.92. The van der Waals surface area contributed by atoms with Crippen LogP contribution in [0.3, 0.4) is 0 Å². The van der Waals surface area contributed by atoms with Gasteiger partial charge in [0.05, 0.1) is 6.54 Å². The quantitative estimate of drug-likeness (QED) is 0.714. The lowest BCUT2D eigenvalue weighted by Crippen LogP contribution is -2.57. The number of piperazine rings is 1. The van der Waals surface area contributed by atoms with Crippen LogP contribution >= 0.6 is 0 Å². The van der Waals surface area contributed by atoms with Gasteiger partial charge in [0, 0.05) is 44.8 Å². The molecule has 2 aliphatic heterocycles. The topological polar surface area (TPSA) is 73.0 Å². The molecule has 3 amide bonds. The molecule has 3 atom stereocenters. The number of aryl methyl sites for hydroxylation is 1. The Hall–Kier alpha value is -2.41. The second kappa shape index (κ2) is 11.1. The number of hydrogen-bond acceptors (Lipinski definition) is 4. The molecule has 0 saturated carbocycles. The van der Waals surface area contributed by atoms with Gasteiger partial charge in [-0.25, -0.2) is 0 Å². The van der Waals surface area contributed by atoms with Crippen LogP contribution in [0.1, 0.15) is 50.0 Å². The Morgan fingerprint density at radius 2 is 1.52 bits per heavy atom. The summed E-state index contributed by atoms with van der Waals surface area (Å²) in [6.45, 7) is 14.9. The van der Waals surface area contributed by atoms with Crippen LogP contribution < -0.4 is 5.32 Å². The smallest absolute Gasteiger partial charge is 0.251 e. The molecule has 2 heterocycles. The van der Waals surface area contributed by atoms with Gasteiger partial charge in [-0.3, -0.25) is 19.3 Å². The zero-order valence-corrected chi connectivity index (χ0v) is 20.8. The molecule has 1 aromatic rings. The zero-order valence-electron chi connectivity index (χ0n) is 20.8. The first-order chi connectivity index (χ1) is 15.6. The molecule has 2 aliphatic rings. The van der Waals surface area contributed by atoms with E-state index in [9.17, 15) is 14.4 Å². The van der Waals surface area contributed by atoms with Crippen molar-refractivity contribution in [3.8, 4) is 0 Å². The Labute approximate surface area is 198 Å². The third-order valence-corrected chi connectivity index (χ3v) is 6.80. The van der Waals surface area contributed by atoms with Crippen LogP contribution in [0, 0.1) is 24.7 Å². The van der Waals surface area contributed by atoms with E-state index in [1.165, 1.54) is 6.42 Å². The summed E-state index contributed by atoms with van der Waals surface area (Å²) in [5.74, 6) is 1.00. The molecule has 182 valence electrons. The average molecular weight is 457 g/mol. The highest BCUT2D eigenvalue weighted by Crippen LogP contribution is 2.21. The van der Waals surface area contributed by atoms with Crippen molar-refractivity contribution in [2.24, 2.45) is 17.8 Å². The minimum absolute atomic E-state index is 0.0189. The van der Waals surface area contributed by atoms with Crippen LogP contribution in [-0.2, 0) is 9.59 Å². The van der Waals surface area contributed by atoms with E-state index in [-0.39, 0.29) is 23.6 Å². The minimum Gasteiger partial charge on any atom is -0.341 e. The van der Waals surface area contributed by atoms with Crippen LogP contribution in [0.4, 0.5) is 0 Å². The van der Waals surface area contributed by atoms with Gasteiger partial charge in [0.1, 0.15) is 6.04 Å². The second-order valence-corrected chi connectivity index (χ2v) is 10.4. The maximum atomic E-state index is 13.2. The Bertz CT molecular complexity index is 820. The molecular weight excluding hydrogens is 416 g/mol. The summed E-state index contributed by atoms with van der Waals surface area (Å²) in [6.07, 6.45) is 1.18. The molecule has 7 heteroatoms. The number of carbonyl (C=O) groups excluding carboxylic acids is 3. The van der Waals surface area contributed by atoms with E-state index < -0.39 is 6.04 Å². The molecule has 3 unspecified atom stereocenters. The van der Waals surface area contributed by atoms with Crippen LogP contribution in [0.15, 0.2) is 24.3 Å². The van der Waals surface area contributed by atoms with E-state index in [2.05, 4.69) is 24.1 Å². The van der Waals surface area contributed by atoms with Gasteiger partial charge in [0.2, 0.25) is 11.8 Å². The van der Waals surface area contributed by atoms with E-state index in [0.29, 0.717) is 50.1 Å². The fraction of sp³-hybridized carbons (Fsp3) is 0.654. The standard InChI is InChI=1S/C26H40N4O3/c1-18(2)24(27-25(32)22-8-6-19(3)7-9-22)26(33)29-12-10-28(11-13-29)17-23(31)30-15-20(4)14-21(5)16-30/h6-9,18,20-21,24H,10-17H2,1-5H3,(H,27,32). The molecule has 0 radical (unpaired) electrons. The Kier molecular flexibility index (Phi) is 8.51. The lowest BCUT2D eigenvalue weighted by molar-refractivity contribution is -0.138. The van der Waals surface area contributed by atoms with Crippen molar-refractivity contribution in [2.45, 2.75) is 47.1 Å². The number of carbonyl (C=O) groups is 3. The number of hydrogen-bond donors (Lipinski definition) is 1. The second-order valence-electron chi connectivity index (χ2n) is 10.4. The van der Waals surface area contributed by atoms with Gasteiger partial charge >= 0.3 is 0 Å². The Balaban J connectivity index is 1.51. The van der Waals surface area contributed by atoms with Crippen molar-refractivity contribution in [3.05, 3.63) is 35.4 Å².